The second-order valence-electron chi connectivity index (χ2n) is 9.27. The molecule has 0 aromatic heterocycles. The van der Waals surface area contributed by atoms with Gasteiger partial charge in [-0.15, -0.1) is 0 Å². The molecule has 11 heteroatoms. The van der Waals surface area contributed by atoms with Crippen LogP contribution in [0.3, 0.4) is 0 Å². The number of anilines is 1. The Morgan fingerprint density at radius 3 is 2.20 bits per heavy atom. The van der Waals surface area contributed by atoms with Crippen molar-refractivity contribution in [1.82, 2.24) is 10.2 Å². The number of nitrogens with zero attached hydrogens (tertiary/aromatic N) is 2. The first-order valence-electron chi connectivity index (χ1n) is 12.8. The van der Waals surface area contributed by atoms with Gasteiger partial charge in [0.25, 0.3) is 10.0 Å². The van der Waals surface area contributed by atoms with Crippen LogP contribution in [0.25, 0.3) is 0 Å². The molecule has 1 atom stereocenters. The molecule has 0 aliphatic heterocycles. The largest absolute Gasteiger partial charge is 0.354 e. The van der Waals surface area contributed by atoms with Gasteiger partial charge in [-0.3, -0.25) is 13.9 Å². The van der Waals surface area contributed by atoms with E-state index in [1.54, 1.807) is 61.5 Å². The SMILES string of the molecule is CCCNC(=O)C(CC)N(Cc1ccc(Cl)cc1Cl)C(=O)CN(c1ccc(Br)cc1)S(=O)(=O)c1ccc(C)cc1. The summed E-state index contributed by atoms with van der Waals surface area (Å²) in [6.45, 7) is 5.51. The Morgan fingerprint density at radius 1 is 0.975 bits per heavy atom. The van der Waals surface area contributed by atoms with Crippen LogP contribution in [0.2, 0.25) is 10.0 Å². The first-order chi connectivity index (χ1) is 19.0. The number of aryl methyl sites for hydroxylation is 1. The van der Waals surface area contributed by atoms with Gasteiger partial charge >= 0.3 is 0 Å². The van der Waals surface area contributed by atoms with Crippen molar-refractivity contribution in [3.8, 4) is 0 Å². The maximum Gasteiger partial charge on any atom is 0.264 e. The van der Waals surface area contributed by atoms with Gasteiger partial charge in [-0.25, -0.2) is 8.42 Å². The minimum atomic E-state index is -4.14. The van der Waals surface area contributed by atoms with Gasteiger partial charge < -0.3 is 10.2 Å². The molecule has 0 saturated heterocycles. The summed E-state index contributed by atoms with van der Waals surface area (Å²) < 4.78 is 29.6. The number of carbonyl (C=O) groups excluding carboxylic acids is 2. The molecule has 0 bridgehead atoms. The maximum atomic E-state index is 14.0. The summed E-state index contributed by atoms with van der Waals surface area (Å²) in [5.74, 6) is -0.873. The molecule has 0 aliphatic rings. The van der Waals surface area contributed by atoms with Gasteiger partial charge in [0.2, 0.25) is 11.8 Å². The Kier molecular flexibility index (Phi) is 11.5. The zero-order chi connectivity index (χ0) is 29.4. The van der Waals surface area contributed by atoms with Crippen LogP contribution in [-0.2, 0) is 26.2 Å². The zero-order valence-corrected chi connectivity index (χ0v) is 26.4. The standard InChI is InChI=1S/C29H32BrCl2N3O4S/c1-4-16-33-29(37)27(5-2)34(18-21-8-11-23(31)17-26(21)32)28(36)19-35(24-12-9-22(30)10-13-24)40(38,39)25-14-6-20(3)7-15-25/h6-15,17,27H,4-5,16,18-19H2,1-3H3,(H,33,37). The summed E-state index contributed by atoms with van der Waals surface area (Å²) in [7, 11) is -4.14. The summed E-state index contributed by atoms with van der Waals surface area (Å²) in [4.78, 5) is 28.6. The smallest absolute Gasteiger partial charge is 0.264 e. The van der Waals surface area contributed by atoms with E-state index in [9.17, 15) is 18.0 Å². The van der Waals surface area contributed by atoms with Crippen LogP contribution in [0.1, 0.15) is 37.8 Å². The van der Waals surface area contributed by atoms with E-state index in [0.29, 0.717) is 34.3 Å². The number of benzene rings is 3. The predicted molar refractivity (Wildman–Crippen MR) is 164 cm³/mol. The Labute approximate surface area is 254 Å². The third-order valence-corrected chi connectivity index (χ3v) is 9.20. The fourth-order valence-corrected chi connectivity index (χ4v) is 6.24. The molecular weight excluding hydrogens is 637 g/mol. The molecule has 0 heterocycles. The van der Waals surface area contributed by atoms with Gasteiger partial charge in [-0.1, -0.05) is 76.7 Å². The fraction of sp³-hybridized carbons (Fsp3) is 0.310. The maximum absolute atomic E-state index is 14.0. The minimum absolute atomic E-state index is 0.00829. The lowest BCUT2D eigenvalue weighted by Crippen LogP contribution is -2.52. The lowest BCUT2D eigenvalue weighted by atomic mass is 10.1. The molecule has 0 aliphatic carbocycles. The Morgan fingerprint density at radius 2 is 1.62 bits per heavy atom. The molecule has 3 rings (SSSR count). The third-order valence-electron chi connectivity index (χ3n) is 6.29. The number of amides is 2. The van der Waals surface area contributed by atoms with Crippen molar-refractivity contribution < 1.29 is 18.0 Å². The van der Waals surface area contributed by atoms with Crippen molar-refractivity contribution >= 4 is 66.7 Å². The van der Waals surface area contributed by atoms with Gasteiger partial charge in [0.15, 0.2) is 0 Å². The first kappa shape index (κ1) is 31.9. The first-order valence-corrected chi connectivity index (χ1v) is 15.8. The van der Waals surface area contributed by atoms with Crippen molar-refractivity contribution in [2.24, 2.45) is 0 Å². The van der Waals surface area contributed by atoms with E-state index in [4.69, 9.17) is 23.2 Å². The molecule has 0 fully saturated rings. The van der Waals surface area contributed by atoms with E-state index < -0.39 is 28.5 Å². The highest BCUT2D eigenvalue weighted by Crippen LogP contribution is 2.28. The lowest BCUT2D eigenvalue weighted by Gasteiger charge is -2.33. The Hall–Kier alpha value is -2.59. The molecule has 40 heavy (non-hydrogen) atoms. The summed E-state index contributed by atoms with van der Waals surface area (Å²) in [6, 6.07) is 17.1. The van der Waals surface area contributed by atoms with Gasteiger partial charge in [0, 0.05) is 27.6 Å². The Bertz CT molecular complexity index is 1430. The van der Waals surface area contributed by atoms with Crippen LogP contribution in [0.5, 0.6) is 0 Å². The fourth-order valence-electron chi connectivity index (χ4n) is 4.09. The van der Waals surface area contributed by atoms with Crippen molar-refractivity contribution in [1.29, 1.82) is 0 Å². The van der Waals surface area contributed by atoms with Crippen molar-refractivity contribution in [2.45, 2.75) is 51.1 Å². The second-order valence-corrected chi connectivity index (χ2v) is 12.9. The molecule has 214 valence electrons. The van der Waals surface area contributed by atoms with Gasteiger partial charge in [0.1, 0.15) is 12.6 Å². The van der Waals surface area contributed by atoms with Crippen LogP contribution in [0.15, 0.2) is 76.1 Å². The number of nitrogens with one attached hydrogen (secondary N) is 1. The molecule has 0 saturated carbocycles. The molecule has 3 aromatic rings. The normalized spacial score (nSPS) is 12.1. The molecule has 1 N–H and O–H groups in total. The van der Waals surface area contributed by atoms with Crippen LogP contribution < -0.4 is 9.62 Å². The van der Waals surface area contributed by atoms with Crippen molar-refractivity contribution in [2.75, 3.05) is 17.4 Å². The van der Waals surface area contributed by atoms with E-state index in [1.807, 2.05) is 13.8 Å². The van der Waals surface area contributed by atoms with E-state index in [2.05, 4.69) is 21.2 Å². The van der Waals surface area contributed by atoms with Gasteiger partial charge in [-0.05, 0) is 73.9 Å². The van der Waals surface area contributed by atoms with Crippen LogP contribution in [0, 0.1) is 6.92 Å². The number of hydrogen-bond donors (Lipinski definition) is 1. The van der Waals surface area contributed by atoms with Crippen LogP contribution >= 0.6 is 39.1 Å². The van der Waals surface area contributed by atoms with E-state index in [1.165, 1.54) is 17.0 Å². The van der Waals surface area contributed by atoms with E-state index in [-0.39, 0.29) is 17.3 Å². The Balaban J connectivity index is 2.06. The monoisotopic (exact) mass is 667 g/mol. The number of halogens is 3. The molecule has 0 spiro atoms. The number of sulfonamides is 1. The van der Waals surface area contributed by atoms with Gasteiger partial charge in [0.05, 0.1) is 10.6 Å². The topological polar surface area (TPSA) is 86.8 Å². The quantitative estimate of drug-likeness (QED) is 0.236. The highest BCUT2D eigenvalue weighted by Gasteiger charge is 2.34. The van der Waals surface area contributed by atoms with E-state index >= 15 is 0 Å². The summed E-state index contributed by atoms with van der Waals surface area (Å²) in [6.07, 6.45) is 1.04. The predicted octanol–water partition coefficient (Wildman–Crippen LogP) is 6.59. The molecular formula is C29H32BrCl2N3O4S. The molecule has 7 nitrogen and oxygen atoms in total. The number of rotatable bonds is 12. The summed E-state index contributed by atoms with van der Waals surface area (Å²) >= 11 is 15.9. The third kappa shape index (κ3) is 8.00. The second kappa shape index (κ2) is 14.3. The number of carbonyl (C=O) groups is 2. The van der Waals surface area contributed by atoms with Crippen LogP contribution in [0.4, 0.5) is 5.69 Å². The molecule has 1 unspecified atom stereocenters. The highest BCUT2D eigenvalue weighted by molar-refractivity contribution is 9.10. The highest BCUT2D eigenvalue weighted by atomic mass is 79.9. The summed E-state index contributed by atoms with van der Waals surface area (Å²) in [5.41, 5.74) is 1.79. The van der Waals surface area contributed by atoms with Gasteiger partial charge in [-0.2, -0.15) is 0 Å². The van der Waals surface area contributed by atoms with Crippen LogP contribution in [-0.4, -0.2) is 44.3 Å². The van der Waals surface area contributed by atoms with E-state index in [0.717, 1.165) is 20.8 Å². The molecule has 0 radical (unpaired) electrons. The minimum Gasteiger partial charge on any atom is -0.354 e. The summed E-state index contributed by atoms with van der Waals surface area (Å²) in [5, 5.41) is 3.63. The average molecular weight is 669 g/mol. The molecule has 3 aromatic carbocycles. The molecule has 2 amide bonds. The zero-order valence-electron chi connectivity index (χ0n) is 22.5. The average Bonchev–Trinajstić information content (AvgIpc) is 2.92. The lowest BCUT2D eigenvalue weighted by molar-refractivity contribution is -0.140. The van der Waals surface area contributed by atoms with Crippen molar-refractivity contribution in [3.63, 3.8) is 0 Å². The number of hydrogen-bond acceptors (Lipinski definition) is 4. The van der Waals surface area contributed by atoms with Crippen molar-refractivity contribution in [3.05, 3.63) is 92.4 Å².